The average molecular weight is 544 g/mol. The monoisotopic (exact) mass is 543 g/mol. The van der Waals surface area contributed by atoms with E-state index in [1.165, 1.54) is 19.2 Å². The van der Waals surface area contributed by atoms with E-state index in [2.05, 4.69) is 4.98 Å². The van der Waals surface area contributed by atoms with Gasteiger partial charge in [0.2, 0.25) is 0 Å². The van der Waals surface area contributed by atoms with Crippen LogP contribution in [0.2, 0.25) is 5.02 Å². The van der Waals surface area contributed by atoms with Crippen LogP contribution in [0.25, 0.3) is 27.6 Å². The van der Waals surface area contributed by atoms with Gasteiger partial charge >= 0.3 is 11.9 Å². The lowest BCUT2D eigenvalue weighted by Crippen LogP contribution is -2.36. The molecule has 196 valence electrons. The fourth-order valence-corrected chi connectivity index (χ4v) is 5.30. The Morgan fingerprint density at radius 3 is 2.54 bits per heavy atom. The third kappa shape index (κ3) is 5.01. The van der Waals surface area contributed by atoms with E-state index >= 15 is 0 Å². The zero-order chi connectivity index (χ0) is 27.7. The lowest BCUT2D eigenvalue weighted by molar-refractivity contribution is -0.145. The maximum absolute atomic E-state index is 13.8. The third-order valence-electron chi connectivity index (χ3n) is 6.90. The number of pyridine rings is 1. The number of hydrogen-bond donors (Lipinski definition) is 2. The number of halogens is 2. The number of H-pyrrole nitrogens is 1. The molecule has 5 rings (SSSR count). The van der Waals surface area contributed by atoms with Crippen molar-refractivity contribution < 1.29 is 23.8 Å². The zero-order valence-electron chi connectivity index (χ0n) is 20.8. The van der Waals surface area contributed by atoms with Crippen molar-refractivity contribution in [1.82, 2.24) is 4.98 Å². The summed E-state index contributed by atoms with van der Waals surface area (Å²) in [4.78, 5) is 40.2. The van der Waals surface area contributed by atoms with E-state index in [1.54, 1.807) is 66.7 Å². The SMILES string of the molecule is COC(=O)C1(c2cc3cc(-c4cccc(CC(=O)O)c4)c(=O)[nH]c3cc2Cl)C=CC(c2cccc(F)c2)=CC1. The van der Waals surface area contributed by atoms with Crippen LogP contribution in [0, 0.1) is 5.82 Å². The highest BCUT2D eigenvalue weighted by Crippen LogP contribution is 2.42. The van der Waals surface area contributed by atoms with E-state index in [9.17, 15) is 18.8 Å². The van der Waals surface area contributed by atoms with Crippen LogP contribution in [0.4, 0.5) is 4.39 Å². The molecule has 39 heavy (non-hydrogen) atoms. The van der Waals surface area contributed by atoms with Crippen molar-refractivity contribution in [3.8, 4) is 11.1 Å². The highest BCUT2D eigenvalue weighted by Gasteiger charge is 2.41. The summed E-state index contributed by atoms with van der Waals surface area (Å²) in [6.07, 6.45) is 5.37. The number of hydrogen-bond acceptors (Lipinski definition) is 4. The zero-order valence-corrected chi connectivity index (χ0v) is 21.6. The van der Waals surface area contributed by atoms with Gasteiger partial charge in [0, 0.05) is 16.1 Å². The predicted molar refractivity (Wildman–Crippen MR) is 148 cm³/mol. The van der Waals surface area contributed by atoms with E-state index in [0.29, 0.717) is 38.7 Å². The molecule has 1 atom stereocenters. The number of aromatic amines is 1. The second-order valence-corrected chi connectivity index (χ2v) is 9.78. The molecule has 2 N–H and O–H groups in total. The first-order chi connectivity index (χ1) is 18.7. The molecular weight excluding hydrogens is 521 g/mol. The molecule has 1 unspecified atom stereocenters. The van der Waals surface area contributed by atoms with Gasteiger partial charge in [-0.05, 0) is 70.0 Å². The highest BCUT2D eigenvalue weighted by atomic mass is 35.5. The maximum atomic E-state index is 13.8. The average Bonchev–Trinajstić information content (AvgIpc) is 2.92. The molecule has 1 aliphatic carbocycles. The van der Waals surface area contributed by atoms with Gasteiger partial charge in [-0.1, -0.05) is 66.2 Å². The molecule has 4 aromatic rings. The number of carboxylic acids is 1. The number of carbonyl (C=O) groups excluding carboxylic acids is 1. The summed E-state index contributed by atoms with van der Waals surface area (Å²) in [5.74, 6) is -1.84. The molecule has 0 aliphatic heterocycles. The topological polar surface area (TPSA) is 96.5 Å². The number of nitrogens with one attached hydrogen (secondary N) is 1. The molecule has 0 radical (unpaired) electrons. The number of carbonyl (C=O) groups is 2. The fraction of sp³-hybridized carbons (Fsp3) is 0.129. The van der Waals surface area contributed by atoms with Crippen LogP contribution < -0.4 is 5.56 Å². The van der Waals surface area contributed by atoms with Crippen LogP contribution in [0.15, 0.2) is 89.8 Å². The van der Waals surface area contributed by atoms with Crippen LogP contribution in [0.3, 0.4) is 0 Å². The van der Waals surface area contributed by atoms with Crippen molar-refractivity contribution in [3.63, 3.8) is 0 Å². The van der Waals surface area contributed by atoms with Crippen LogP contribution in [0.1, 0.15) is 23.1 Å². The normalized spacial score (nSPS) is 16.6. The van der Waals surface area contributed by atoms with Crippen molar-refractivity contribution in [3.05, 3.63) is 123 Å². The summed E-state index contributed by atoms with van der Waals surface area (Å²) < 4.78 is 19.0. The largest absolute Gasteiger partial charge is 0.481 e. The summed E-state index contributed by atoms with van der Waals surface area (Å²) in [6, 6.07) is 18.0. The van der Waals surface area contributed by atoms with Crippen molar-refractivity contribution in [2.24, 2.45) is 0 Å². The molecule has 1 aliphatic rings. The first kappa shape index (κ1) is 26.1. The van der Waals surface area contributed by atoms with E-state index in [1.807, 2.05) is 6.08 Å². The van der Waals surface area contributed by atoms with E-state index in [4.69, 9.17) is 21.4 Å². The first-order valence-electron chi connectivity index (χ1n) is 12.1. The minimum atomic E-state index is -1.24. The fourth-order valence-electron chi connectivity index (χ4n) is 4.97. The Hall–Kier alpha value is -4.49. The molecule has 0 bridgehead atoms. The second-order valence-electron chi connectivity index (χ2n) is 9.37. The van der Waals surface area contributed by atoms with Crippen LogP contribution in [-0.2, 0) is 26.2 Å². The Morgan fingerprint density at radius 1 is 1.08 bits per heavy atom. The summed E-state index contributed by atoms with van der Waals surface area (Å²) in [5, 5.41) is 10.0. The molecule has 1 aromatic heterocycles. The molecule has 0 saturated carbocycles. The summed E-state index contributed by atoms with van der Waals surface area (Å²) in [7, 11) is 1.30. The number of aliphatic carboxylic acids is 1. The van der Waals surface area contributed by atoms with Gasteiger partial charge in [-0.3, -0.25) is 14.4 Å². The van der Waals surface area contributed by atoms with Gasteiger partial charge in [-0.15, -0.1) is 0 Å². The number of fused-ring (bicyclic) bond motifs is 1. The van der Waals surface area contributed by atoms with Gasteiger partial charge < -0.3 is 14.8 Å². The van der Waals surface area contributed by atoms with Crippen molar-refractivity contribution in [2.75, 3.05) is 7.11 Å². The Kier molecular flexibility index (Phi) is 6.93. The quantitative estimate of drug-likeness (QED) is 0.288. The second kappa shape index (κ2) is 10.3. The summed E-state index contributed by atoms with van der Waals surface area (Å²) in [6.45, 7) is 0. The Balaban J connectivity index is 1.61. The number of methoxy groups -OCH3 is 1. The first-order valence-corrected chi connectivity index (χ1v) is 12.5. The van der Waals surface area contributed by atoms with Gasteiger partial charge in [0.15, 0.2) is 0 Å². The van der Waals surface area contributed by atoms with E-state index in [0.717, 1.165) is 5.57 Å². The Labute approximate surface area is 228 Å². The van der Waals surface area contributed by atoms with Crippen LogP contribution >= 0.6 is 11.6 Å². The predicted octanol–water partition coefficient (Wildman–Crippen LogP) is 6.07. The van der Waals surface area contributed by atoms with Gasteiger partial charge in [0.1, 0.15) is 11.2 Å². The number of benzene rings is 3. The van der Waals surface area contributed by atoms with Crippen LogP contribution in [0.5, 0.6) is 0 Å². The lowest BCUT2D eigenvalue weighted by Gasteiger charge is -2.31. The summed E-state index contributed by atoms with van der Waals surface area (Å²) >= 11 is 6.69. The van der Waals surface area contributed by atoms with Crippen molar-refractivity contribution >= 4 is 40.0 Å². The molecule has 6 nitrogen and oxygen atoms in total. The van der Waals surface area contributed by atoms with Gasteiger partial charge in [0.05, 0.1) is 13.5 Å². The van der Waals surface area contributed by atoms with Gasteiger partial charge in [0.25, 0.3) is 5.56 Å². The number of ether oxygens (including phenoxy) is 1. The Bertz CT molecular complexity index is 1760. The number of aromatic nitrogens is 1. The molecule has 0 fully saturated rings. The molecule has 0 spiro atoms. The maximum Gasteiger partial charge on any atom is 0.320 e. The van der Waals surface area contributed by atoms with E-state index < -0.39 is 17.4 Å². The summed E-state index contributed by atoms with van der Waals surface area (Å²) in [5.41, 5.74) is 2.30. The third-order valence-corrected chi connectivity index (χ3v) is 7.22. The standard InChI is InChI=1S/C31H23ClFNO5/c1-39-30(38)31(10-8-19(9-11-31)20-5-3-7-23(33)14-20)25-16-22-15-24(29(37)34-27(22)17-26(25)32)21-6-2-4-18(12-21)13-28(35)36/h2-10,12,14-17H,11,13H2,1H3,(H,34,37)(H,35,36). The molecular formula is C31H23ClFNO5. The Morgan fingerprint density at radius 2 is 1.85 bits per heavy atom. The smallest absolute Gasteiger partial charge is 0.320 e. The molecule has 3 aromatic carbocycles. The molecule has 1 heterocycles. The molecule has 0 amide bonds. The number of rotatable bonds is 6. The molecule has 8 heteroatoms. The van der Waals surface area contributed by atoms with Gasteiger partial charge in [-0.2, -0.15) is 0 Å². The minimum Gasteiger partial charge on any atom is -0.481 e. The van der Waals surface area contributed by atoms with E-state index in [-0.39, 0.29) is 29.2 Å². The minimum absolute atomic E-state index is 0.168. The molecule has 0 saturated heterocycles. The van der Waals surface area contributed by atoms with Crippen molar-refractivity contribution in [2.45, 2.75) is 18.3 Å². The van der Waals surface area contributed by atoms with Crippen LogP contribution in [-0.4, -0.2) is 29.1 Å². The number of carboxylic acid groups (broad SMARTS) is 1. The van der Waals surface area contributed by atoms with Gasteiger partial charge in [-0.25, -0.2) is 4.39 Å². The van der Waals surface area contributed by atoms with Crippen molar-refractivity contribution in [1.29, 1.82) is 0 Å². The lowest BCUT2D eigenvalue weighted by atomic mass is 9.73. The highest BCUT2D eigenvalue weighted by molar-refractivity contribution is 6.32. The number of allylic oxidation sites excluding steroid dienone is 3. The number of esters is 1.